The van der Waals surface area contributed by atoms with Gasteiger partial charge in [-0.2, -0.15) is 0 Å². The Morgan fingerprint density at radius 3 is 2.36 bits per heavy atom. The van der Waals surface area contributed by atoms with E-state index in [0.717, 1.165) is 16.8 Å². The molecule has 0 saturated carbocycles. The maximum atomic E-state index is 12.5. The van der Waals surface area contributed by atoms with E-state index in [1.807, 2.05) is 68.4 Å². The third kappa shape index (κ3) is 4.98. The molecule has 142 valence electrons. The molecule has 0 spiro atoms. The number of para-hydroxylation sites is 2. The Labute approximate surface area is 164 Å². The van der Waals surface area contributed by atoms with E-state index < -0.39 is 5.97 Å². The van der Waals surface area contributed by atoms with E-state index >= 15 is 0 Å². The van der Waals surface area contributed by atoms with Gasteiger partial charge in [0.15, 0.2) is 6.61 Å². The van der Waals surface area contributed by atoms with Crippen molar-refractivity contribution in [2.45, 2.75) is 13.8 Å². The average molecular weight is 374 g/mol. The van der Waals surface area contributed by atoms with Crippen LogP contribution in [0.25, 0.3) is 0 Å². The largest absolute Gasteiger partial charge is 0.452 e. The minimum atomic E-state index is -0.560. The Hall–Kier alpha value is -3.60. The summed E-state index contributed by atoms with van der Waals surface area (Å²) in [4.78, 5) is 24.7. The Balaban J connectivity index is 1.63. The molecule has 2 N–H and O–H groups in total. The van der Waals surface area contributed by atoms with Gasteiger partial charge in [-0.1, -0.05) is 42.5 Å². The topological polar surface area (TPSA) is 67.4 Å². The molecule has 5 nitrogen and oxygen atoms in total. The van der Waals surface area contributed by atoms with Crippen LogP contribution in [0.3, 0.4) is 0 Å². The zero-order valence-corrected chi connectivity index (χ0v) is 15.9. The van der Waals surface area contributed by atoms with E-state index in [4.69, 9.17) is 4.74 Å². The summed E-state index contributed by atoms with van der Waals surface area (Å²) in [5, 5.41) is 5.97. The molecule has 1 amide bonds. The molecule has 0 aliphatic carbocycles. The number of aryl methyl sites for hydroxylation is 2. The van der Waals surface area contributed by atoms with Gasteiger partial charge < -0.3 is 15.4 Å². The minimum Gasteiger partial charge on any atom is -0.452 e. The van der Waals surface area contributed by atoms with Crippen molar-refractivity contribution in [1.29, 1.82) is 0 Å². The molecule has 0 saturated heterocycles. The highest BCUT2D eigenvalue weighted by Gasteiger charge is 2.15. The number of esters is 1. The van der Waals surface area contributed by atoms with Gasteiger partial charge in [-0.15, -0.1) is 0 Å². The van der Waals surface area contributed by atoms with Crippen molar-refractivity contribution in [2.75, 3.05) is 17.2 Å². The normalized spacial score (nSPS) is 10.2. The molecule has 28 heavy (non-hydrogen) atoms. The Morgan fingerprint density at radius 2 is 1.57 bits per heavy atom. The van der Waals surface area contributed by atoms with Gasteiger partial charge in [-0.25, -0.2) is 4.79 Å². The van der Waals surface area contributed by atoms with Crippen LogP contribution in [-0.4, -0.2) is 18.5 Å². The zero-order valence-electron chi connectivity index (χ0n) is 15.9. The van der Waals surface area contributed by atoms with Crippen LogP contribution in [0.4, 0.5) is 17.1 Å². The fourth-order valence-corrected chi connectivity index (χ4v) is 2.71. The number of ether oxygens (including phenoxy) is 1. The molecule has 0 aromatic heterocycles. The van der Waals surface area contributed by atoms with Crippen molar-refractivity contribution in [2.24, 2.45) is 0 Å². The lowest BCUT2D eigenvalue weighted by atomic mass is 10.1. The third-order valence-electron chi connectivity index (χ3n) is 4.20. The second kappa shape index (κ2) is 8.86. The first-order valence-electron chi connectivity index (χ1n) is 8.98. The van der Waals surface area contributed by atoms with Crippen LogP contribution in [0, 0.1) is 13.8 Å². The highest BCUT2D eigenvalue weighted by Crippen LogP contribution is 2.21. The van der Waals surface area contributed by atoms with Gasteiger partial charge in [-0.05, 0) is 55.3 Å². The first kappa shape index (κ1) is 19.2. The molecule has 0 aliphatic rings. The van der Waals surface area contributed by atoms with Crippen LogP contribution in [0.1, 0.15) is 21.5 Å². The fourth-order valence-electron chi connectivity index (χ4n) is 2.71. The highest BCUT2D eigenvalue weighted by molar-refractivity contribution is 5.99. The number of nitrogens with one attached hydrogen (secondary N) is 2. The Morgan fingerprint density at radius 1 is 0.857 bits per heavy atom. The van der Waals surface area contributed by atoms with Crippen molar-refractivity contribution in [3.8, 4) is 0 Å². The smallest absolute Gasteiger partial charge is 0.340 e. The number of carbonyl (C=O) groups excluding carboxylic acids is 2. The number of anilines is 3. The molecule has 0 radical (unpaired) electrons. The molecule has 3 aromatic carbocycles. The summed E-state index contributed by atoms with van der Waals surface area (Å²) in [6.45, 7) is 3.50. The second-order valence-corrected chi connectivity index (χ2v) is 6.48. The molecular weight excluding hydrogens is 352 g/mol. The van der Waals surface area contributed by atoms with Crippen molar-refractivity contribution in [3.63, 3.8) is 0 Å². The van der Waals surface area contributed by atoms with Crippen molar-refractivity contribution in [1.82, 2.24) is 0 Å². The van der Waals surface area contributed by atoms with Gasteiger partial charge >= 0.3 is 5.97 Å². The molecule has 0 unspecified atom stereocenters. The van der Waals surface area contributed by atoms with Crippen LogP contribution < -0.4 is 10.6 Å². The lowest BCUT2D eigenvalue weighted by Crippen LogP contribution is -2.21. The predicted molar refractivity (Wildman–Crippen MR) is 111 cm³/mol. The van der Waals surface area contributed by atoms with Gasteiger partial charge in [0.25, 0.3) is 5.91 Å². The molecule has 3 aromatic rings. The minimum absolute atomic E-state index is 0.355. The second-order valence-electron chi connectivity index (χ2n) is 6.48. The number of amides is 1. The van der Waals surface area contributed by atoms with Crippen molar-refractivity contribution >= 4 is 28.9 Å². The highest BCUT2D eigenvalue weighted by atomic mass is 16.5. The maximum Gasteiger partial charge on any atom is 0.340 e. The quantitative estimate of drug-likeness (QED) is 0.606. The van der Waals surface area contributed by atoms with E-state index in [0.29, 0.717) is 16.9 Å². The molecule has 0 atom stereocenters. The summed E-state index contributed by atoms with van der Waals surface area (Å²) in [5.74, 6) is -0.939. The summed E-state index contributed by atoms with van der Waals surface area (Å²) >= 11 is 0. The monoisotopic (exact) mass is 374 g/mol. The molecule has 0 aliphatic heterocycles. The first-order chi connectivity index (χ1) is 13.5. The van der Waals surface area contributed by atoms with E-state index in [9.17, 15) is 9.59 Å². The lowest BCUT2D eigenvalue weighted by molar-refractivity contribution is -0.119. The molecule has 0 heterocycles. The Bertz CT molecular complexity index is 984. The molecular formula is C23H22N2O3. The Kier molecular flexibility index (Phi) is 6.07. The van der Waals surface area contributed by atoms with Gasteiger partial charge in [0.05, 0.1) is 11.3 Å². The predicted octanol–water partition coefficient (Wildman–Crippen LogP) is 4.84. The lowest BCUT2D eigenvalue weighted by Gasteiger charge is -2.12. The summed E-state index contributed by atoms with van der Waals surface area (Å²) in [6.07, 6.45) is 0. The van der Waals surface area contributed by atoms with Gasteiger partial charge in [0, 0.05) is 11.4 Å². The van der Waals surface area contributed by atoms with Gasteiger partial charge in [0.2, 0.25) is 0 Å². The standard InChI is InChI=1S/C23H22N2O3/c1-16-12-13-17(2)21(14-16)25-22(26)15-28-23(27)19-10-6-7-11-20(19)24-18-8-4-3-5-9-18/h3-14,24H,15H2,1-2H3,(H,25,26). The van der Waals surface area contributed by atoms with Crippen LogP contribution >= 0.6 is 0 Å². The van der Waals surface area contributed by atoms with E-state index in [1.165, 1.54) is 0 Å². The summed E-state index contributed by atoms with van der Waals surface area (Å²) in [6, 6.07) is 22.4. The van der Waals surface area contributed by atoms with Crippen LogP contribution in [0.5, 0.6) is 0 Å². The molecule has 0 bridgehead atoms. The van der Waals surface area contributed by atoms with E-state index in [-0.39, 0.29) is 12.5 Å². The van der Waals surface area contributed by atoms with Crippen LogP contribution in [-0.2, 0) is 9.53 Å². The summed E-state index contributed by atoms with van der Waals surface area (Å²) < 4.78 is 5.22. The third-order valence-corrected chi connectivity index (χ3v) is 4.20. The SMILES string of the molecule is Cc1ccc(C)c(NC(=O)COC(=O)c2ccccc2Nc2ccccc2)c1. The number of rotatable bonds is 6. The summed E-state index contributed by atoms with van der Waals surface area (Å²) in [5.41, 5.74) is 4.55. The number of benzene rings is 3. The number of carbonyl (C=O) groups is 2. The van der Waals surface area contributed by atoms with Crippen LogP contribution in [0.2, 0.25) is 0 Å². The fraction of sp³-hybridized carbons (Fsp3) is 0.130. The maximum absolute atomic E-state index is 12.5. The van der Waals surface area contributed by atoms with Crippen LogP contribution in [0.15, 0.2) is 72.8 Å². The van der Waals surface area contributed by atoms with E-state index in [1.54, 1.807) is 18.2 Å². The van der Waals surface area contributed by atoms with Gasteiger partial charge in [-0.3, -0.25) is 4.79 Å². The van der Waals surface area contributed by atoms with Crippen molar-refractivity contribution in [3.05, 3.63) is 89.5 Å². The van der Waals surface area contributed by atoms with Crippen molar-refractivity contribution < 1.29 is 14.3 Å². The van der Waals surface area contributed by atoms with Gasteiger partial charge in [0.1, 0.15) is 0 Å². The molecule has 0 fully saturated rings. The zero-order chi connectivity index (χ0) is 19.9. The average Bonchev–Trinajstić information content (AvgIpc) is 2.70. The number of hydrogen-bond acceptors (Lipinski definition) is 4. The van der Waals surface area contributed by atoms with E-state index in [2.05, 4.69) is 10.6 Å². The molecule has 3 rings (SSSR count). The summed E-state index contributed by atoms with van der Waals surface area (Å²) in [7, 11) is 0. The first-order valence-corrected chi connectivity index (χ1v) is 8.98. The molecule has 5 heteroatoms. The number of hydrogen-bond donors (Lipinski definition) is 2.